The molecule has 0 aliphatic heterocycles. The Kier molecular flexibility index (Phi) is 8.43. The van der Waals surface area contributed by atoms with Gasteiger partial charge in [-0.25, -0.2) is 4.57 Å². The largest absolute Gasteiger partial charge is 0.331 e. The van der Waals surface area contributed by atoms with Crippen molar-refractivity contribution in [2.24, 2.45) is 0 Å². The van der Waals surface area contributed by atoms with Crippen LogP contribution in [0.4, 0.5) is 17.1 Å². The zero-order chi connectivity index (χ0) is 22.4. The van der Waals surface area contributed by atoms with Crippen molar-refractivity contribution in [1.82, 2.24) is 0 Å². The Morgan fingerprint density at radius 2 is 1.06 bits per heavy atom. The first kappa shape index (κ1) is 24.7. The van der Waals surface area contributed by atoms with Crippen molar-refractivity contribution in [3.63, 3.8) is 0 Å². The highest BCUT2D eigenvalue weighted by Crippen LogP contribution is 2.35. The average molecular weight is 505 g/mol. The van der Waals surface area contributed by atoms with Gasteiger partial charge in [0.25, 0.3) is 0 Å². The van der Waals surface area contributed by atoms with Crippen molar-refractivity contribution in [2.45, 2.75) is 13.0 Å². The Balaban J connectivity index is 0.00000306. The predicted octanol–water partition coefficient (Wildman–Crippen LogP) is 6.79. The van der Waals surface area contributed by atoms with Gasteiger partial charge >= 0.3 is 0 Å². The highest BCUT2D eigenvalue weighted by molar-refractivity contribution is 8.93. The minimum absolute atomic E-state index is 0. The lowest BCUT2D eigenvalue weighted by molar-refractivity contribution is -0.873. The number of pyridine rings is 1. The normalized spacial score (nSPS) is 11.0. The first-order valence-electron chi connectivity index (χ1n) is 11.3. The molecule has 1 heterocycles. The number of rotatable bonds is 8. The lowest BCUT2D eigenvalue weighted by Crippen LogP contribution is -2.39. The number of hydrogen-bond donors (Lipinski definition) is 0. The molecule has 0 bridgehead atoms. The second-order valence-corrected chi connectivity index (χ2v) is 9.25. The Morgan fingerprint density at radius 1 is 0.606 bits per heavy atom. The summed E-state index contributed by atoms with van der Waals surface area (Å²) in [4.78, 5) is 2.29. The van der Waals surface area contributed by atoms with Crippen LogP contribution in [0.25, 0.3) is 11.1 Å². The minimum Gasteiger partial charge on any atom is -0.331 e. The number of quaternary nitrogens is 1. The van der Waals surface area contributed by atoms with E-state index in [1.165, 1.54) is 24.1 Å². The Labute approximate surface area is 208 Å². The predicted molar refractivity (Wildman–Crippen MR) is 145 cm³/mol. The van der Waals surface area contributed by atoms with Crippen molar-refractivity contribution in [3.8, 4) is 11.1 Å². The summed E-state index contributed by atoms with van der Waals surface area (Å²) < 4.78 is 3.29. The minimum atomic E-state index is 0. The highest BCUT2D eigenvalue weighted by Gasteiger charge is 2.12. The van der Waals surface area contributed by atoms with Gasteiger partial charge in [0.2, 0.25) is 0 Å². The molecule has 3 nitrogen and oxygen atoms in total. The van der Waals surface area contributed by atoms with Gasteiger partial charge in [-0.05, 0) is 47.5 Å². The van der Waals surface area contributed by atoms with E-state index in [4.69, 9.17) is 0 Å². The van der Waals surface area contributed by atoms with Gasteiger partial charge in [0.1, 0.15) is 0 Å². The first-order chi connectivity index (χ1) is 15.5. The Morgan fingerprint density at radius 3 is 1.55 bits per heavy atom. The number of benzene rings is 3. The van der Waals surface area contributed by atoms with Crippen molar-refractivity contribution < 1.29 is 9.05 Å². The van der Waals surface area contributed by atoms with E-state index in [1.54, 1.807) is 0 Å². The molecule has 3 aromatic carbocycles. The quantitative estimate of drug-likeness (QED) is 0.189. The summed E-state index contributed by atoms with van der Waals surface area (Å²) >= 11 is 0. The summed E-state index contributed by atoms with van der Waals surface area (Å²) in [6.07, 6.45) is 5.56. The maximum atomic E-state index is 2.29. The molecule has 0 spiro atoms. The third kappa shape index (κ3) is 6.77. The summed E-state index contributed by atoms with van der Waals surface area (Å²) in [7, 11) is 6.73. The fourth-order valence-corrected chi connectivity index (χ4v) is 3.93. The van der Waals surface area contributed by atoms with Crippen LogP contribution in [-0.2, 0) is 6.54 Å². The summed E-state index contributed by atoms with van der Waals surface area (Å²) in [5.74, 6) is 0. The van der Waals surface area contributed by atoms with Gasteiger partial charge in [0.05, 0.1) is 34.1 Å². The molecule has 0 aliphatic carbocycles. The fraction of sp³-hybridized carbons (Fsp3) is 0.207. The zero-order valence-electron chi connectivity index (χ0n) is 19.8. The SMILES string of the molecule is Br.C[N+](C)(C)CCC[n+]1ccc(-c2ccc(N(c3ccccc3)c3ccccc3)cc2)cc1. The molecule has 0 aliphatic rings. The fourth-order valence-electron chi connectivity index (χ4n) is 3.93. The van der Waals surface area contributed by atoms with Crippen LogP contribution < -0.4 is 9.47 Å². The number of hydrogen-bond acceptors (Lipinski definition) is 1. The van der Waals surface area contributed by atoms with E-state index in [9.17, 15) is 0 Å². The molecule has 0 amide bonds. The van der Waals surface area contributed by atoms with Crippen LogP contribution >= 0.6 is 17.0 Å². The Bertz CT molecular complexity index is 1060. The summed E-state index contributed by atoms with van der Waals surface area (Å²) in [6.45, 7) is 2.23. The van der Waals surface area contributed by atoms with E-state index in [2.05, 4.69) is 140 Å². The molecular formula is C29H34BrN3+2. The van der Waals surface area contributed by atoms with E-state index in [1.807, 2.05) is 0 Å². The van der Waals surface area contributed by atoms with E-state index >= 15 is 0 Å². The number of halogens is 1. The van der Waals surface area contributed by atoms with Gasteiger partial charge < -0.3 is 9.38 Å². The van der Waals surface area contributed by atoms with Crippen LogP contribution in [0.1, 0.15) is 6.42 Å². The number of anilines is 3. The maximum Gasteiger partial charge on any atom is 0.169 e. The van der Waals surface area contributed by atoms with E-state index in [-0.39, 0.29) is 17.0 Å². The Hall–Kier alpha value is -2.95. The van der Waals surface area contributed by atoms with Crippen molar-refractivity contribution in [1.29, 1.82) is 0 Å². The molecule has 0 saturated heterocycles. The molecular weight excluding hydrogens is 470 g/mol. The van der Waals surface area contributed by atoms with Gasteiger partial charge in [0.15, 0.2) is 18.9 Å². The summed E-state index contributed by atoms with van der Waals surface area (Å²) in [6, 6.07) is 34.3. The molecule has 4 heteroatoms. The topological polar surface area (TPSA) is 7.12 Å². The maximum absolute atomic E-state index is 2.29. The first-order valence-corrected chi connectivity index (χ1v) is 11.3. The number of aryl methyl sites for hydroxylation is 1. The summed E-state index contributed by atoms with van der Waals surface area (Å²) in [5.41, 5.74) is 5.93. The van der Waals surface area contributed by atoms with E-state index < -0.39 is 0 Å². The molecule has 170 valence electrons. The van der Waals surface area contributed by atoms with Crippen LogP contribution in [0.15, 0.2) is 109 Å². The molecule has 0 unspecified atom stereocenters. The molecule has 4 aromatic rings. The number of para-hydroxylation sites is 2. The van der Waals surface area contributed by atoms with Gasteiger partial charge in [0, 0.05) is 29.2 Å². The smallest absolute Gasteiger partial charge is 0.169 e. The molecule has 4 rings (SSSR count). The monoisotopic (exact) mass is 503 g/mol. The second kappa shape index (κ2) is 11.3. The molecule has 0 N–H and O–H groups in total. The zero-order valence-corrected chi connectivity index (χ0v) is 21.5. The highest BCUT2D eigenvalue weighted by atomic mass is 79.9. The standard InChI is InChI=1S/C29H33N3.BrH/c1-32(2,3)24-10-21-30-22-19-26(20-23-30)25-15-17-29(18-16-25)31(27-11-6-4-7-12-27)28-13-8-5-9-14-28;/h4-9,11-20,22-23H,10,21,24H2,1-3H3;1H/q+2;. The van der Waals surface area contributed by atoms with Crippen LogP contribution in [-0.4, -0.2) is 32.2 Å². The second-order valence-electron chi connectivity index (χ2n) is 9.25. The van der Waals surface area contributed by atoms with E-state index in [0.29, 0.717) is 0 Å². The van der Waals surface area contributed by atoms with Crippen LogP contribution in [0.2, 0.25) is 0 Å². The number of nitrogens with zero attached hydrogens (tertiary/aromatic N) is 3. The lowest BCUT2D eigenvalue weighted by atomic mass is 10.1. The van der Waals surface area contributed by atoms with Crippen LogP contribution in [0, 0.1) is 0 Å². The number of aromatic nitrogens is 1. The third-order valence-corrected chi connectivity index (χ3v) is 5.62. The molecule has 0 saturated carbocycles. The van der Waals surface area contributed by atoms with Gasteiger partial charge in [-0.3, -0.25) is 0 Å². The van der Waals surface area contributed by atoms with Gasteiger partial charge in [-0.15, -0.1) is 17.0 Å². The summed E-state index contributed by atoms with van der Waals surface area (Å²) in [5, 5.41) is 0. The van der Waals surface area contributed by atoms with Gasteiger partial charge in [-0.2, -0.15) is 0 Å². The third-order valence-electron chi connectivity index (χ3n) is 5.62. The molecule has 0 atom stereocenters. The average Bonchev–Trinajstić information content (AvgIpc) is 2.81. The van der Waals surface area contributed by atoms with Crippen molar-refractivity contribution >= 4 is 34.0 Å². The van der Waals surface area contributed by atoms with Crippen molar-refractivity contribution in [3.05, 3.63) is 109 Å². The van der Waals surface area contributed by atoms with E-state index in [0.717, 1.165) is 28.1 Å². The van der Waals surface area contributed by atoms with Crippen molar-refractivity contribution in [2.75, 3.05) is 32.6 Å². The van der Waals surface area contributed by atoms with Crippen LogP contribution in [0.5, 0.6) is 0 Å². The molecule has 0 fully saturated rings. The molecule has 0 radical (unpaired) electrons. The lowest BCUT2D eigenvalue weighted by Gasteiger charge is -2.25. The molecule has 33 heavy (non-hydrogen) atoms. The van der Waals surface area contributed by atoms with Crippen LogP contribution in [0.3, 0.4) is 0 Å². The van der Waals surface area contributed by atoms with Gasteiger partial charge in [-0.1, -0.05) is 48.5 Å². The molecule has 1 aromatic heterocycles.